The molecule has 0 radical (unpaired) electrons. The highest BCUT2D eigenvalue weighted by atomic mass is 16.2. The van der Waals surface area contributed by atoms with Gasteiger partial charge in [0, 0.05) is 38.1 Å². The zero-order chi connectivity index (χ0) is 19.0. The van der Waals surface area contributed by atoms with Crippen molar-refractivity contribution in [1.82, 2.24) is 20.7 Å². The highest BCUT2D eigenvalue weighted by molar-refractivity contribution is 5.86. The lowest BCUT2D eigenvalue weighted by Crippen LogP contribution is -2.49. The summed E-state index contributed by atoms with van der Waals surface area (Å²) in [6, 6.07) is 16.1. The second-order valence-corrected chi connectivity index (χ2v) is 8.23. The van der Waals surface area contributed by atoms with Gasteiger partial charge in [-0.3, -0.25) is 15.1 Å². The molecular weight excluding hydrogens is 336 g/mol. The normalized spacial score (nSPS) is 25.7. The first kappa shape index (κ1) is 18.4. The van der Waals surface area contributed by atoms with E-state index < -0.39 is 0 Å². The van der Waals surface area contributed by atoms with Gasteiger partial charge in [0.15, 0.2) is 0 Å². The third-order valence-electron chi connectivity index (χ3n) is 6.28. The molecule has 2 fully saturated rings. The van der Waals surface area contributed by atoms with E-state index in [1.807, 2.05) is 11.9 Å². The Morgan fingerprint density at radius 3 is 2.78 bits per heavy atom. The summed E-state index contributed by atoms with van der Waals surface area (Å²) in [4.78, 5) is 16.7. The lowest BCUT2D eigenvalue weighted by molar-refractivity contribution is -0.133. The van der Waals surface area contributed by atoms with Gasteiger partial charge in [0.1, 0.15) is 0 Å². The van der Waals surface area contributed by atoms with Crippen LogP contribution in [-0.2, 0) is 4.79 Å². The molecule has 0 bridgehead atoms. The first-order chi connectivity index (χ1) is 13.0. The molecule has 2 heterocycles. The van der Waals surface area contributed by atoms with E-state index in [1.54, 1.807) is 0 Å². The number of hydrogen-bond donors (Lipinski definition) is 2. The summed E-state index contributed by atoms with van der Waals surface area (Å²) in [6.07, 6.45) is 1.07. The Balaban J connectivity index is 1.53. The van der Waals surface area contributed by atoms with Crippen molar-refractivity contribution in [2.75, 3.05) is 26.7 Å². The third kappa shape index (κ3) is 3.59. The summed E-state index contributed by atoms with van der Waals surface area (Å²) in [5.74, 6) is 0.672. The Labute approximate surface area is 161 Å². The predicted octanol–water partition coefficient (Wildman–Crippen LogP) is 2.55. The quantitative estimate of drug-likeness (QED) is 0.873. The van der Waals surface area contributed by atoms with E-state index in [0.717, 1.165) is 19.5 Å². The average Bonchev–Trinajstić information content (AvgIpc) is 3.09. The summed E-state index contributed by atoms with van der Waals surface area (Å²) >= 11 is 0. The Hall–Kier alpha value is -1.95. The summed E-state index contributed by atoms with van der Waals surface area (Å²) in [7, 11) is 1.90. The lowest BCUT2D eigenvalue weighted by atomic mass is 9.83. The monoisotopic (exact) mass is 366 g/mol. The third-order valence-corrected chi connectivity index (χ3v) is 6.28. The largest absolute Gasteiger partial charge is 0.342 e. The molecule has 2 saturated heterocycles. The molecule has 2 aliphatic heterocycles. The molecule has 2 aromatic rings. The summed E-state index contributed by atoms with van der Waals surface area (Å²) in [6.45, 7) is 6.54. The lowest BCUT2D eigenvalue weighted by Gasteiger charge is -2.37. The van der Waals surface area contributed by atoms with E-state index in [2.05, 4.69) is 72.1 Å². The molecule has 27 heavy (non-hydrogen) atoms. The van der Waals surface area contributed by atoms with Gasteiger partial charge < -0.3 is 4.90 Å². The first-order valence-electron chi connectivity index (χ1n) is 10.0. The molecule has 2 N–H and O–H groups in total. The molecule has 4 rings (SSSR count). The SMILES string of the molecule is CC(C)N(C)C(=O)CN1CCC2NNC(c3cccc4ccccc34)C2C1. The number of likely N-dealkylation sites (N-methyl/N-ethyl adjacent to an activating group) is 1. The number of piperidine rings is 1. The second-order valence-electron chi connectivity index (χ2n) is 8.23. The maximum absolute atomic E-state index is 12.5. The molecule has 1 amide bonds. The number of benzene rings is 2. The van der Waals surface area contributed by atoms with Crippen LogP contribution in [-0.4, -0.2) is 54.5 Å². The number of carbonyl (C=O) groups excluding carboxylic acids is 1. The molecule has 5 nitrogen and oxygen atoms in total. The molecule has 0 saturated carbocycles. The molecule has 0 aromatic heterocycles. The maximum Gasteiger partial charge on any atom is 0.236 e. The summed E-state index contributed by atoms with van der Waals surface area (Å²) in [5, 5.41) is 2.59. The van der Waals surface area contributed by atoms with Crippen LogP contribution in [0.3, 0.4) is 0 Å². The topological polar surface area (TPSA) is 47.6 Å². The van der Waals surface area contributed by atoms with E-state index in [0.29, 0.717) is 18.5 Å². The highest BCUT2D eigenvalue weighted by Crippen LogP contribution is 2.36. The zero-order valence-electron chi connectivity index (χ0n) is 16.5. The van der Waals surface area contributed by atoms with Crippen LogP contribution in [0.25, 0.3) is 10.8 Å². The minimum Gasteiger partial charge on any atom is -0.342 e. The number of hydrazine groups is 1. The van der Waals surface area contributed by atoms with Gasteiger partial charge in [0.2, 0.25) is 5.91 Å². The molecule has 3 unspecified atom stereocenters. The van der Waals surface area contributed by atoms with Crippen LogP contribution in [0.4, 0.5) is 0 Å². The van der Waals surface area contributed by atoms with Gasteiger partial charge in [0.25, 0.3) is 0 Å². The Morgan fingerprint density at radius 1 is 1.19 bits per heavy atom. The van der Waals surface area contributed by atoms with Crippen LogP contribution in [0.5, 0.6) is 0 Å². The number of carbonyl (C=O) groups is 1. The van der Waals surface area contributed by atoms with Gasteiger partial charge in [-0.2, -0.15) is 0 Å². The van der Waals surface area contributed by atoms with Crippen molar-refractivity contribution in [2.24, 2.45) is 5.92 Å². The number of amides is 1. The van der Waals surface area contributed by atoms with Crippen molar-refractivity contribution in [3.63, 3.8) is 0 Å². The molecule has 0 spiro atoms. The molecular formula is C22H30N4O. The van der Waals surface area contributed by atoms with Crippen molar-refractivity contribution in [1.29, 1.82) is 0 Å². The van der Waals surface area contributed by atoms with E-state index in [9.17, 15) is 4.79 Å². The van der Waals surface area contributed by atoms with Crippen molar-refractivity contribution in [3.05, 3.63) is 48.0 Å². The van der Waals surface area contributed by atoms with E-state index >= 15 is 0 Å². The van der Waals surface area contributed by atoms with Gasteiger partial charge in [-0.25, -0.2) is 5.43 Å². The molecule has 2 aromatic carbocycles. The van der Waals surface area contributed by atoms with Crippen LogP contribution < -0.4 is 10.9 Å². The van der Waals surface area contributed by atoms with Crippen LogP contribution in [0.1, 0.15) is 31.9 Å². The van der Waals surface area contributed by atoms with Crippen LogP contribution in [0, 0.1) is 5.92 Å². The Morgan fingerprint density at radius 2 is 1.96 bits per heavy atom. The van der Waals surface area contributed by atoms with Crippen molar-refractivity contribution in [2.45, 2.75) is 38.4 Å². The number of rotatable bonds is 4. The fraction of sp³-hybridized carbons (Fsp3) is 0.500. The van der Waals surface area contributed by atoms with E-state index in [-0.39, 0.29) is 18.0 Å². The number of nitrogens with one attached hydrogen (secondary N) is 2. The molecule has 5 heteroatoms. The second kappa shape index (κ2) is 7.58. The number of fused-ring (bicyclic) bond motifs is 2. The Bertz CT molecular complexity index is 816. The van der Waals surface area contributed by atoms with Crippen LogP contribution in [0.2, 0.25) is 0 Å². The van der Waals surface area contributed by atoms with Gasteiger partial charge >= 0.3 is 0 Å². The van der Waals surface area contributed by atoms with Crippen molar-refractivity contribution >= 4 is 16.7 Å². The maximum atomic E-state index is 12.5. The fourth-order valence-corrected chi connectivity index (χ4v) is 4.44. The van der Waals surface area contributed by atoms with Crippen LogP contribution in [0.15, 0.2) is 42.5 Å². The standard InChI is InChI=1S/C22H30N4O/c1-15(2)25(3)21(27)14-26-12-11-20-19(13-26)22(24-23-20)18-10-6-8-16-7-4-5-9-17(16)18/h4-10,15,19-20,22-24H,11-14H2,1-3H3. The van der Waals surface area contributed by atoms with Gasteiger partial charge in [-0.1, -0.05) is 42.5 Å². The van der Waals surface area contributed by atoms with Crippen molar-refractivity contribution < 1.29 is 4.79 Å². The molecule has 0 aliphatic carbocycles. The summed E-state index contributed by atoms with van der Waals surface area (Å²) in [5.41, 5.74) is 8.41. The fourth-order valence-electron chi connectivity index (χ4n) is 4.44. The summed E-state index contributed by atoms with van der Waals surface area (Å²) < 4.78 is 0. The predicted molar refractivity (Wildman–Crippen MR) is 109 cm³/mol. The minimum atomic E-state index is 0.212. The van der Waals surface area contributed by atoms with Crippen molar-refractivity contribution in [3.8, 4) is 0 Å². The first-order valence-corrected chi connectivity index (χ1v) is 10.0. The Kier molecular flexibility index (Phi) is 5.17. The average molecular weight is 367 g/mol. The highest BCUT2D eigenvalue weighted by Gasteiger charge is 2.41. The molecule has 144 valence electrons. The minimum absolute atomic E-state index is 0.212. The number of nitrogens with zero attached hydrogens (tertiary/aromatic N) is 2. The van der Waals surface area contributed by atoms with Gasteiger partial charge in [0.05, 0.1) is 12.6 Å². The van der Waals surface area contributed by atoms with Crippen LogP contribution >= 0.6 is 0 Å². The van der Waals surface area contributed by atoms with E-state index in [4.69, 9.17) is 0 Å². The zero-order valence-corrected chi connectivity index (χ0v) is 16.5. The van der Waals surface area contributed by atoms with Gasteiger partial charge in [-0.05, 0) is 36.6 Å². The van der Waals surface area contributed by atoms with E-state index in [1.165, 1.54) is 16.3 Å². The molecule has 2 aliphatic rings. The van der Waals surface area contributed by atoms with Gasteiger partial charge in [-0.15, -0.1) is 0 Å². The molecule has 3 atom stereocenters. The number of hydrogen-bond acceptors (Lipinski definition) is 4. The number of likely N-dealkylation sites (tertiary alicyclic amines) is 1. The smallest absolute Gasteiger partial charge is 0.236 e.